The zero-order valence-corrected chi connectivity index (χ0v) is 9.15. The second kappa shape index (κ2) is 4.73. The van der Waals surface area contributed by atoms with Crippen LogP contribution in [0, 0.1) is 11.3 Å². The van der Waals surface area contributed by atoms with Gasteiger partial charge in [-0.1, -0.05) is 11.6 Å². The highest BCUT2D eigenvalue weighted by atomic mass is 35.5. The summed E-state index contributed by atoms with van der Waals surface area (Å²) in [6, 6.07) is 7.54. The Morgan fingerprint density at radius 1 is 1.31 bits per heavy atom. The van der Waals surface area contributed by atoms with Gasteiger partial charge in [0.2, 0.25) is 0 Å². The molecular formula is C12H8ClN3. The van der Waals surface area contributed by atoms with E-state index in [0.717, 1.165) is 11.1 Å². The van der Waals surface area contributed by atoms with E-state index in [2.05, 4.69) is 16.0 Å². The average Bonchev–Trinajstić information content (AvgIpc) is 2.33. The molecule has 0 N–H and O–H groups in total. The van der Waals surface area contributed by atoms with Crippen molar-refractivity contribution < 1.29 is 0 Å². The lowest BCUT2D eigenvalue weighted by Crippen LogP contribution is -1.91. The van der Waals surface area contributed by atoms with Gasteiger partial charge in [0.05, 0.1) is 23.2 Å². The predicted octanol–water partition coefficient (Wildman–Crippen LogP) is 2.86. The fourth-order valence-corrected chi connectivity index (χ4v) is 1.70. The molecule has 0 fully saturated rings. The number of rotatable bonds is 2. The molecule has 0 saturated carbocycles. The van der Waals surface area contributed by atoms with Crippen molar-refractivity contribution in [3.05, 3.63) is 47.4 Å². The lowest BCUT2D eigenvalue weighted by molar-refractivity contribution is 1.21. The number of aromatic nitrogens is 2. The van der Waals surface area contributed by atoms with E-state index < -0.39 is 0 Å². The number of nitrogens with zero attached hydrogens (tertiary/aromatic N) is 3. The minimum absolute atomic E-state index is 0.286. The summed E-state index contributed by atoms with van der Waals surface area (Å²) in [5.41, 5.74) is 2.31. The van der Waals surface area contributed by atoms with Crippen LogP contribution >= 0.6 is 11.6 Å². The Balaban J connectivity index is 2.51. The molecule has 2 heterocycles. The maximum absolute atomic E-state index is 8.66. The molecule has 4 heteroatoms. The quantitative estimate of drug-likeness (QED) is 0.796. The lowest BCUT2D eigenvalue weighted by atomic mass is 10.1. The van der Waals surface area contributed by atoms with Crippen molar-refractivity contribution in [2.45, 2.75) is 6.42 Å². The summed E-state index contributed by atoms with van der Waals surface area (Å²) in [6.07, 6.45) is 5.33. The van der Waals surface area contributed by atoms with Gasteiger partial charge in [0, 0.05) is 24.2 Å². The van der Waals surface area contributed by atoms with Crippen LogP contribution in [0.1, 0.15) is 5.56 Å². The van der Waals surface area contributed by atoms with Crippen LogP contribution in [0.15, 0.2) is 36.8 Å². The van der Waals surface area contributed by atoms with E-state index in [4.69, 9.17) is 16.9 Å². The minimum Gasteiger partial charge on any atom is -0.264 e. The molecule has 2 aromatic heterocycles. The summed E-state index contributed by atoms with van der Waals surface area (Å²) in [6.45, 7) is 0. The molecule has 2 rings (SSSR count). The van der Waals surface area contributed by atoms with Crippen molar-refractivity contribution in [3.63, 3.8) is 0 Å². The van der Waals surface area contributed by atoms with Gasteiger partial charge < -0.3 is 0 Å². The van der Waals surface area contributed by atoms with Gasteiger partial charge in [0.25, 0.3) is 0 Å². The van der Waals surface area contributed by atoms with Gasteiger partial charge in [-0.3, -0.25) is 9.97 Å². The van der Waals surface area contributed by atoms with E-state index in [9.17, 15) is 0 Å². The molecule has 2 aromatic rings. The summed E-state index contributed by atoms with van der Waals surface area (Å²) >= 11 is 6.18. The van der Waals surface area contributed by atoms with Crippen molar-refractivity contribution >= 4 is 11.6 Å². The van der Waals surface area contributed by atoms with E-state index in [1.54, 1.807) is 24.7 Å². The van der Waals surface area contributed by atoms with E-state index >= 15 is 0 Å². The molecule has 0 aliphatic carbocycles. The average molecular weight is 230 g/mol. The first-order valence-electron chi connectivity index (χ1n) is 4.73. The van der Waals surface area contributed by atoms with Gasteiger partial charge in [-0.15, -0.1) is 0 Å². The Bertz CT molecular complexity index is 532. The van der Waals surface area contributed by atoms with Crippen LogP contribution in [0.4, 0.5) is 0 Å². The van der Waals surface area contributed by atoms with E-state index in [-0.39, 0.29) is 6.42 Å². The highest BCUT2D eigenvalue weighted by Gasteiger charge is 2.08. The van der Waals surface area contributed by atoms with Crippen LogP contribution in [0.2, 0.25) is 5.02 Å². The smallest absolute Gasteiger partial charge is 0.0906 e. The highest BCUT2D eigenvalue weighted by molar-refractivity contribution is 6.33. The Kier molecular flexibility index (Phi) is 3.13. The molecule has 0 saturated heterocycles. The number of pyridine rings is 2. The topological polar surface area (TPSA) is 49.6 Å². The largest absolute Gasteiger partial charge is 0.264 e. The van der Waals surface area contributed by atoms with Gasteiger partial charge in [0.15, 0.2) is 0 Å². The molecule has 0 aliphatic rings. The van der Waals surface area contributed by atoms with Crippen molar-refractivity contribution in [1.29, 1.82) is 5.26 Å². The Morgan fingerprint density at radius 3 is 2.88 bits per heavy atom. The van der Waals surface area contributed by atoms with Crippen molar-refractivity contribution in [2.24, 2.45) is 0 Å². The maximum atomic E-state index is 8.66. The van der Waals surface area contributed by atoms with Crippen molar-refractivity contribution in [1.82, 2.24) is 9.97 Å². The fourth-order valence-electron chi connectivity index (χ4n) is 1.41. The second-order valence-electron chi connectivity index (χ2n) is 3.21. The van der Waals surface area contributed by atoms with Gasteiger partial charge in [0.1, 0.15) is 0 Å². The zero-order chi connectivity index (χ0) is 11.4. The number of hydrogen-bond donors (Lipinski definition) is 0. The molecule has 0 spiro atoms. The summed E-state index contributed by atoms with van der Waals surface area (Å²) in [7, 11) is 0. The van der Waals surface area contributed by atoms with E-state index in [1.165, 1.54) is 0 Å². The fraction of sp³-hybridized carbons (Fsp3) is 0.0833. The third-order valence-corrected chi connectivity index (χ3v) is 2.60. The standard InChI is InChI=1S/C12H8ClN3/c13-11-9(3-5-14)4-7-16-12(11)10-2-1-6-15-8-10/h1-2,4,6-8H,3H2. The Labute approximate surface area is 98.4 Å². The minimum atomic E-state index is 0.286. The van der Waals surface area contributed by atoms with Crippen LogP contribution in [-0.2, 0) is 6.42 Å². The molecular weight excluding hydrogens is 222 g/mol. The summed E-state index contributed by atoms with van der Waals surface area (Å²) in [4.78, 5) is 8.22. The van der Waals surface area contributed by atoms with Crippen molar-refractivity contribution in [3.8, 4) is 17.3 Å². The summed E-state index contributed by atoms with van der Waals surface area (Å²) < 4.78 is 0. The molecule has 78 valence electrons. The van der Waals surface area contributed by atoms with Gasteiger partial charge in [-0.25, -0.2) is 0 Å². The maximum Gasteiger partial charge on any atom is 0.0906 e. The first-order valence-corrected chi connectivity index (χ1v) is 5.11. The van der Waals surface area contributed by atoms with Crippen LogP contribution in [0.3, 0.4) is 0 Å². The van der Waals surface area contributed by atoms with Gasteiger partial charge in [-0.2, -0.15) is 5.26 Å². The lowest BCUT2D eigenvalue weighted by Gasteiger charge is -2.05. The molecule has 3 nitrogen and oxygen atoms in total. The van der Waals surface area contributed by atoms with Crippen LogP contribution in [-0.4, -0.2) is 9.97 Å². The van der Waals surface area contributed by atoms with Gasteiger partial charge >= 0.3 is 0 Å². The van der Waals surface area contributed by atoms with E-state index in [0.29, 0.717) is 10.7 Å². The Morgan fingerprint density at radius 2 is 2.19 bits per heavy atom. The molecule has 16 heavy (non-hydrogen) atoms. The molecule has 0 radical (unpaired) electrons. The van der Waals surface area contributed by atoms with Crippen LogP contribution in [0.5, 0.6) is 0 Å². The normalized spacial score (nSPS) is 9.75. The summed E-state index contributed by atoms with van der Waals surface area (Å²) in [5.74, 6) is 0. The third kappa shape index (κ3) is 2.02. The molecule has 0 amide bonds. The zero-order valence-electron chi connectivity index (χ0n) is 8.39. The molecule has 0 atom stereocenters. The van der Waals surface area contributed by atoms with Crippen LogP contribution < -0.4 is 0 Å². The monoisotopic (exact) mass is 229 g/mol. The predicted molar refractivity (Wildman–Crippen MR) is 61.8 cm³/mol. The van der Waals surface area contributed by atoms with E-state index in [1.807, 2.05) is 12.1 Å². The molecule has 0 unspecified atom stereocenters. The summed E-state index contributed by atoms with van der Waals surface area (Å²) in [5, 5.41) is 9.19. The molecule has 0 aliphatic heterocycles. The molecule has 0 bridgehead atoms. The molecule has 0 aromatic carbocycles. The highest BCUT2D eigenvalue weighted by Crippen LogP contribution is 2.27. The number of halogens is 1. The third-order valence-electron chi connectivity index (χ3n) is 2.17. The van der Waals surface area contributed by atoms with Crippen molar-refractivity contribution in [2.75, 3.05) is 0 Å². The first-order chi connectivity index (χ1) is 7.83. The van der Waals surface area contributed by atoms with Gasteiger partial charge in [-0.05, 0) is 23.8 Å². The first kappa shape index (κ1) is 10.6. The Hall–Kier alpha value is -1.92. The van der Waals surface area contributed by atoms with Crippen LogP contribution in [0.25, 0.3) is 11.3 Å². The number of hydrogen-bond acceptors (Lipinski definition) is 3. The SMILES string of the molecule is N#CCc1ccnc(-c2cccnc2)c1Cl. The number of nitriles is 1. The second-order valence-corrected chi connectivity index (χ2v) is 3.59.